The number of benzene rings is 1. The van der Waals surface area contributed by atoms with Gasteiger partial charge in [0.15, 0.2) is 5.52 Å². The summed E-state index contributed by atoms with van der Waals surface area (Å²) in [5.74, 6) is 0.0720. The van der Waals surface area contributed by atoms with E-state index >= 15 is 0 Å². The molecule has 0 atom stereocenters. The van der Waals surface area contributed by atoms with E-state index in [1.807, 2.05) is 42.8 Å². The lowest BCUT2D eigenvalue weighted by Gasteiger charge is -2.16. The third kappa shape index (κ3) is 2.57. The molecule has 0 radical (unpaired) electrons. The largest absolute Gasteiger partial charge is 0.848 e. The van der Waals surface area contributed by atoms with Crippen molar-refractivity contribution in [1.82, 2.24) is 19.2 Å². The van der Waals surface area contributed by atoms with Crippen LogP contribution in [0.3, 0.4) is 0 Å². The monoisotopic (exact) mass is 365 g/mol. The summed E-state index contributed by atoms with van der Waals surface area (Å²) in [6, 6.07) is 7.88. The fraction of sp³-hybridized carbons (Fsp3) is 0.400. The maximum absolute atomic E-state index is 12.9. The number of unbranched alkanes of at least 4 members (excludes halogenated alkanes) is 2. The first kappa shape index (κ1) is 17.5. The topological polar surface area (TPSA) is 79.1 Å². The Kier molecular flexibility index (Phi) is 4.30. The van der Waals surface area contributed by atoms with Gasteiger partial charge in [0.1, 0.15) is 0 Å². The predicted molar refractivity (Wildman–Crippen MR) is 102 cm³/mol. The fourth-order valence-corrected chi connectivity index (χ4v) is 3.68. The highest BCUT2D eigenvalue weighted by atomic mass is 16.3. The van der Waals surface area contributed by atoms with Crippen LogP contribution in [0.4, 0.5) is 0 Å². The first-order valence-electron chi connectivity index (χ1n) is 9.48. The van der Waals surface area contributed by atoms with Crippen LogP contribution in [-0.2, 0) is 20.0 Å². The summed E-state index contributed by atoms with van der Waals surface area (Å²) in [4.78, 5) is 17.6. The molecule has 3 aromatic heterocycles. The molecule has 0 aliphatic heterocycles. The van der Waals surface area contributed by atoms with Crippen molar-refractivity contribution in [2.75, 3.05) is 0 Å². The molecule has 0 aliphatic rings. The highest BCUT2D eigenvalue weighted by molar-refractivity contribution is 6.04. The first-order valence-corrected chi connectivity index (χ1v) is 9.48. The quantitative estimate of drug-likeness (QED) is 0.399. The van der Waals surface area contributed by atoms with Crippen LogP contribution in [0.25, 0.3) is 27.8 Å². The molecule has 4 rings (SSSR count). The zero-order valence-corrected chi connectivity index (χ0v) is 15.9. The molecule has 4 aromatic rings. The zero-order chi connectivity index (χ0) is 19.1. The summed E-state index contributed by atoms with van der Waals surface area (Å²) in [5, 5.41) is 18.5. The van der Waals surface area contributed by atoms with Crippen molar-refractivity contribution < 1.29 is 9.67 Å². The van der Waals surface area contributed by atoms with Gasteiger partial charge in [-0.05, 0) is 23.9 Å². The van der Waals surface area contributed by atoms with E-state index in [0.717, 1.165) is 30.2 Å². The van der Waals surface area contributed by atoms with Crippen LogP contribution in [0.15, 0.2) is 29.1 Å². The van der Waals surface area contributed by atoms with Crippen molar-refractivity contribution in [3.05, 3.63) is 40.2 Å². The molecular formula is C20H23N5O2. The van der Waals surface area contributed by atoms with Crippen LogP contribution in [0.5, 0.6) is 5.88 Å². The third-order valence-electron chi connectivity index (χ3n) is 5.18. The van der Waals surface area contributed by atoms with Gasteiger partial charge in [0.2, 0.25) is 5.65 Å². The van der Waals surface area contributed by atoms with Crippen molar-refractivity contribution in [1.29, 1.82) is 0 Å². The Labute approximate surface area is 156 Å². The molecule has 0 N–H and O–H groups in total. The second kappa shape index (κ2) is 6.64. The Hall–Kier alpha value is -2.96. The van der Waals surface area contributed by atoms with Gasteiger partial charge in [0.05, 0.1) is 17.6 Å². The number of fused-ring (bicyclic) bond motifs is 4. The second-order valence-corrected chi connectivity index (χ2v) is 6.87. The van der Waals surface area contributed by atoms with Crippen molar-refractivity contribution >= 4 is 27.8 Å². The van der Waals surface area contributed by atoms with Gasteiger partial charge >= 0.3 is 11.3 Å². The van der Waals surface area contributed by atoms with Crippen LogP contribution >= 0.6 is 0 Å². The van der Waals surface area contributed by atoms with Crippen molar-refractivity contribution in [3.63, 3.8) is 0 Å². The number of hydrogen-bond donors (Lipinski definition) is 0. The van der Waals surface area contributed by atoms with E-state index in [2.05, 4.69) is 12.0 Å². The lowest BCUT2D eigenvalue weighted by atomic mass is 10.2. The normalized spacial score (nSPS) is 11.8. The first-order chi connectivity index (χ1) is 13.1. The Morgan fingerprint density at radius 1 is 1.19 bits per heavy atom. The Balaban J connectivity index is 2.12. The minimum absolute atomic E-state index is 0.244. The predicted octanol–water partition coefficient (Wildman–Crippen LogP) is 1.85. The summed E-state index contributed by atoms with van der Waals surface area (Å²) in [6.07, 6.45) is 3.31. The van der Waals surface area contributed by atoms with E-state index in [1.54, 1.807) is 4.57 Å². The van der Waals surface area contributed by atoms with Gasteiger partial charge < -0.3 is 9.67 Å². The molecule has 0 saturated carbocycles. The number of nitrogens with zero attached hydrogens (tertiary/aromatic N) is 5. The number of aryl methyl sites for hydroxylation is 2. The SMILES string of the molecule is CCCCC[n+]1c([O-])c(CC)c(=O)n2nc3c4ccccc4n(C)c3nc21. The summed E-state index contributed by atoms with van der Waals surface area (Å²) in [6.45, 7) is 4.48. The average Bonchev–Trinajstić information content (AvgIpc) is 2.96. The lowest BCUT2D eigenvalue weighted by molar-refractivity contribution is -0.719. The van der Waals surface area contributed by atoms with Crippen LogP contribution in [0.2, 0.25) is 0 Å². The van der Waals surface area contributed by atoms with Gasteiger partial charge in [-0.3, -0.25) is 0 Å². The summed E-state index contributed by atoms with van der Waals surface area (Å²) in [5.41, 5.74) is 2.22. The molecule has 0 spiro atoms. The molecule has 27 heavy (non-hydrogen) atoms. The molecule has 0 saturated heterocycles. The van der Waals surface area contributed by atoms with Crippen molar-refractivity contribution in [2.24, 2.45) is 7.05 Å². The lowest BCUT2D eigenvalue weighted by Crippen LogP contribution is -2.46. The van der Waals surface area contributed by atoms with E-state index in [1.165, 1.54) is 4.52 Å². The van der Waals surface area contributed by atoms with Gasteiger partial charge in [-0.1, -0.05) is 54.5 Å². The van der Waals surface area contributed by atoms with Crippen molar-refractivity contribution in [3.8, 4) is 5.88 Å². The minimum atomic E-state index is -0.369. The van der Waals surface area contributed by atoms with Crippen LogP contribution < -0.4 is 15.2 Å². The summed E-state index contributed by atoms with van der Waals surface area (Å²) < 4.78 is 4.87. The molecule has 7 heteroatoms. The number of hydrogen-bond acceptors (Lipinski definition) is 4. The van der Waals surface area contributed by atoms with Crippen LogP contribution in [0, 0.1) is 0 Å². The highest BCUT2D eigenvalue weighted by Crippen LogP contribution is 2.24. The number of rotatable bonds is 5. The van der Waals surface area contributed by atoms with E-state index < -0.39 is 0 Å². The maximum Gasteiger partial charge on any atom is 0.427 e. The maximum atomic E-state index is 12.9. The molecule has 140 valence electrons. The second-order valence-electron chi connectivity index (χ2n) is 6.87. The fourth-order valence-electron chi connectivity index (χ4n) is 3.68. The number of aromatic nitrogens is 5. The summed E-state index contributed by atoms with van der Waals surface area (Å²) in [7, 11) is 1.92. The smallest absolute Gasteiger partial charge is 0.427 e. The Morgan fingerprint density at radius 2 is 1.96 bits per heavy atom. The highest BCUT2D eigenvalue weighted by Gasteiger charge is 2.24. The summed E-state index contributed by atoms with van der Waals surface area (Å²) >= 11 is 0. The van der Waals surface area contributed by atoms with Crippen LogP contribution in [-0.4, -0.2) is 19.2 Å². The minimum Gasteiger partial charge on any atom is -0.848 e. The van der Waals surface area contributed by atoms with Gasteiger partial charge in [-0.2, -0.15) is 0 Å². The average molecular weight is 365 g/mol. The Bertz CT molecular complexity index is 1220. The van der Waals surface area contributed by atoms with Gasteiger partial charge in [-0.25, -0.2) is 9.36 Å². The molecule has 0 bridgehead atoms. The van der Waals surface area contributed by atoms with Gasteiger partial charge in [0.25, 0.3) is 0 Å². The van der Waals surface area contributed by atoms with Crippen LogP contribution in [0.1, 0.15) is 38.7 Å². The Morgan fingerprint density at radius 3 is 2.70 bits per heavy atom. The van der Waals surface area contributed by atoms with Gasteiger partial charge in [0, 0.05) is 18.3 Å². The van der Waals surface area contributed by atoms with Crippen molar-refractivity contribution in [2.45, 2.75) is 46.1 Å². The molecule has 3 heterocycles. The van der Waals surface area contributed by atoms with E-state index in [4.69, 9.17) is 4.98 Å². The van der Waals surface area contributed by atoms with E-state index in [9.17, 15) is 9.90 Å². The third-order valence-corrected chi connectivity index (χ3v) is 5.18. The molecule has 0 amide bonds. The molecule has 0 unspecified atom stereocenters. The molecule has 1 aromatic carbocycles. The van der Waals surface area contributed by atoms with E-state index in [-0.39, 0.29) is 17.0 Å². The number of para-hydroxylation sites is 1. The standard InChI is InChI=1S/C20H23N5O2/c1-4-6-9-12-24-18(26)13(5-2)19(27)25-20(24)21-17-16(22-25)14-10-7-8-11-15(14)23(17)3/h7-8,10-11H,4-6,9,12H2,1-3H3. The van der Waals surface area contributed by atoms with E-state index in [0.29, 0.717) is 29.9 Å². The molecule has 0 fully saturated rings. The molecule has 0 aliphatic carbocycles. The molecular weight excluding hydrogens is 342 g/mol. The molecule has 7 nitrogen and oxygen atoms in total. The van der Waals surface area contributed by atoms with Gasteiger partial charge in [-0.15, -0.1) is 0 Å². The zero-order valence-electron chi connectivity index (χ0n) is 15.9.